The normalized spacial score (nSPS) is 20.6. The van der Waals surface area contributed by atoms with Gasteiger partial charge >= 0.3 is 0 Å². The topological polar surface area (TPSA) is 38.7 Å². The zero-order valence-electron chi connectivity index (χ0n) is 6.36. The van der Waals surface area contributed by atoms with E-state index in [4.69, 9.17) is 14.6 Å². The van der Waals surface area contributed by atoms with Crippen LogP contribution in [-0.4, -0.2) is 17.8 Å². The van der Waals surface area contributed by atoms with Crippen LogP contribution in [0.4, 0.5) is 0 Å². The second-order valence-corrected chi connectivity index (χ2v) is 2.46. The van der Waals surface area contributed by atoms with Crippen LogP contribution in [0.3, 0.4) is 0 Å². The Balaban J connectivity index is 2.23. The molecule has 1 unspecified atom stereocenters. The van der Waals surface area contributed by atoms with Gasteiger partial charge in [0.2, 0.25) is 6.61 Å². The van der Waals surface area contributed by atoms with Crippen LogP contribution in [0.1, 0.15) is 0 Å². The molecule has 12 heavy (non-hydrogen) atoms. The van der Waals surface area contributed by atoms with E-state index >= 15 is 0 Å². The van der Waals surface area contributed by atoms with Crippen molar-refractivity contribution in [3.05, 3.63) is 30.9 Å². The first-order chi connectivity index (χ1) is 5.90. The number of hydrogen-bond acceptors (Lipinski definition) is 3. The van der Waals surface area contributed by atoms with E-state index in [-0.39, 0.29) is 6.61 Å². The highest BCUT2D eigenvalue weighted by molar-refractivity contribution is 5.41. The number of fused-ring (bicyclic) bond motifs is 1. The maximum atomic E-state index is 8.75. The molecular weight excluding hydrogens is 156 g/mol. The molecule has 62 valence electrons. The second-order valence-electron chi connectivity index (χ2n) is 2.46. The molecule has 2 radical (unpaired) electrons. The van der Waals surface area contributed by atoms with E-state index in [1.807, 2.05) is 12.1 Å². The van der Waals surface area contributed by atoms with Gasteiger partial charge in [0.15, 0.2) is 17.6 Å². The molecule has 0 saturated carbocycles. The smallest absolute Gasteiger partial charge is 0.242 e. The van der Waals surface area contributed by atoms with Crippen molar-refractivity contribution in [2.45, 2.75) is 6.10 Å². The number of aliphatic hydroxyl groups excluding tert-OH is 1. The van der Waals surface area contributed by atoms with Gasteiger partial charge in [-0.15, -0.1) is 0 Å². The van der Waals surface area contributed by atoms with E-state index < -0.39 is 6.10 Å². The fraction of sp³-hybridized carbons (Fsp3) is 0.222. The average Bonchev–Trinajstić information content (AvgIpc) is 2.17. The van der Waals surface area contributed by atoms with E-state index in [9.17, 15) is 0 Å². The fourth-order valence-corrected chi connectivity index (χ4v) is 1.01. The summed E-state index contributed by atoms with van der Waals surface area (Å²) >= 11 is 0. The maximum absolute atomic E-state index is 8.75. The standard InChI is InChI=1S/C9H8O3/c10-5-7-6-11-8-3-1-2-4-9(8)12-7/h1-4,7,10H,5H2. The third kappa shape index (κ3) is 1.23. The molecule has 0 bridgehead atoms. The van der Waals surface area contributed by atoms with Crippen molar-refractivity contribution in [1.82, 2.24) is 0 Å². The molecule has 1 atom stereocenters. The molecular formula is C9H8O3. The second kappa shape index (κ2) is 3.03. The molecule has 1 aliphatic rings. The Hall–Kier alpha value is -1.22. The van der Waals surface area contributed by atoms with Crippen LogP contribution in [0.2, 0.25) is 0 Å². The molecule has 0 spiro atoms. The Bertz CT molecular complexity index is 272. The SMILES string of the molecule is OCC1[C]Oc2ccccc2O1. The van der Waals surface area contributed by atoms with Crippen LogP contribution >= 0.6 is 0 Å². The largest absolute Gasteiger partial charge is 0.480 e. The Labute approximate surface area is 70.5 Å². The van der Waals surface area contributed by atoms with Gasteiger partial charge in [-0.1, -0.05) is 12.1 Å². The van der Waals surface area contributed by atoms with E-state index in [0.29, 0.717) is 11.5 Å². The molecule has 1 aromatic rings. The van der Waals surface area contributed by atoms with E-state index in [1.54, 1.807) is 12.1 Å². The number of para-hydroxylation sites is 2. The van der Waals surface area contributed by atoms with Gasteiger partial charge in [-0.05, 0) is 12.1 Å². The lowest BCUT2D eigenvalue weighted by atomic mass is 10.3. The van der Waals surface area contributed by atoms with Crippen LogP contribution in [-0.2, 0) is 0 Å². The number of aliphatic hydroxyl groups is 1. The van der Waals surface area contributed by atoms with Crippen molar-refractivity contribution in [2.75, 3.05) is 6.61 Å². The highest BCUT2D eigenvalue weighted by atomic mass is 16.6. The average molecular weight is 164 g/mol. The monoisotopic (exact) mass is 164 g/mol. The van der Waals surface area contributed by atoms with Crippen molar-refractivity contribution in [2.24, 2.45) is 0 Å². The van der Waals surface area contributed by atoms with Crippen LogP contribution < -0.4 is 9.47 Å². The summed E-state index contributed by atoms with van der Waals surface area (Å²) in [4.78, 5) is 0. The predicted molar refractivity (Wildman–Crippen MR) is 41.8 cm³/mol. The van der Waals surface area contributed by atoms with Gasteiger partial charge < -0.3 is 14.6 Å². The summed E-state index contributed by atoms with van der Waals surface area (Å²) in [6, 6.07) is 7.28. The van der Waals surface area contributed by atoms with Gasteiger partial charge in [-0.2, -0.15) is 0 Å². The zero-order valence-corrected chi connectivity index (χ0v) is 6.36. The third-order valence-corrected chi connectivity index (χ3v) is 1.58. The zero-order chi connectivity index (χ0) is 8.39. The minimum atomic E-state index is -0.472. The summed E-state index contributed by atoms with van der Waals surface area (Å²) in [6.07, 6.45) is -0.472. The molecule has 1 N–H and O–H groups in total. The minimum absolute atomic E-state index is 0.117. The van der Waals surface area contributed by atoms with Gasteiger partial charge in [0.1, 0.15) is 0 Å². The maximum Gasteiger partial charge on any atom is 0.242 e. The summed E-state index contributed by atoms with van der Waals surface area (Å²) in [6.45, 7) is 2.44. The summed E-state index contributed by atoms with van der Waals surface area (Å²) in [5.74, 6) is 1.29. The van der Waals surface area contributed by atoms with E-state index in [2.05, 4.69) is 6.61 Å². The number of rotatable bonds is 1. The fourth-order valence-electron chi connectivity index (χ4n) is 1.01. The Morgan fingerprint density at radius 3 is 2.83 bits per heavy atom. The number of benzene rings is 1. The first-order valence-corrected chi connectivity index (χ1v) is 3.69. The molecule has 0 amide bonds. The molecule has 1 aromatic carbocycles. The molecule has 0 saturated heterocycles. The summed E-state index contributed by atoms with van der Waals surface area (Å²) in [5, 5.41) is 8.75. The van der Waals surface area contributed by atoms with Crippen LogP contribution in [0, 0.1) is 6.61 Å². The lowest BCUT2D eigenvalue weighted by Gasteiger charge is -2.22. The van der Waals surface area contributed by atoms with Crippen LogP contribution in [0.5, 0.6) is 11.5 Å². The summed E-state index contributed by atoms with van der Waals surface area (Å²) < 4.78 is 10.4. The molecule has 3 heteroatoms. The Kier molecular flexibility index (Phi) is 1.87. The Morgan fingerprint density at radius 1 is 1.33 bits per heavy atom. The highest BCUT2D eigenvalue weighted by Gasteiger charge is 2.20. The molecule has 1 aliphatic heterocycles. The van der Waals surface area contributed by atoms with Crippen molar-refractivity contribution in [3.8, 4) is 11.5 Å². The summed E-state index contributed by atoms with van der Waals surface area (Å²) in [7, 11) is 0. The molecule has 1 heterocycles. The third-order valence-electron chi connectivity index (χ3n) is 1.58. The van der Waals surface area contributed by atoms with Crippen molar-refractivity contribution in [1.29, 1.82) is 0 Å². The molecule has 0 fully saturated rings. The molecule has 0 aliphatic carbocycles. The lowest BCUT2D eigenvalue weighted by Crippen LogP contribution is -2.27. The van der Waals surface area contributed by atoms with Crippen molar-refractivity contribution < 1.29 is 14.6 Å². The molecule has 0 aromatic heterocycles. The molecule has 3 nitrogen and oxygen atoms in total. The van der Waals surface area contributed by atoms with Crippen LogP contribution in [0.15, 0.2) is 24.3 Å². The van der Waals surface area contributed by atoms with Gasteiger partial charge in [0, 0.05) is 0 Å². The highest BCUT2D eigenvalue weighted by Crippen LogP contribution is 2.31. The van der Waals surface area contributed by atoms with Crippen LogP contribution in [0.25, 0.3) is 0 Å². The Morgan fingerprint density at radius 2 is 2.08 bits per heavy atom. The van der Waals surface area contributed by atoms with Gasteiger partial charge in [0.05, 0.1) is 6.61 Å². The predicted octanol–water partition coefficient (Wildman–Crippen LogP) is 0.857. The number of hydrogen-bond donors (Lipinski definition) is 1. The van der Waals surface area contributed by atoms with Crippen molar-refractivity contribution in [3.63, 3.8) is 0 Å². The van der Waals surface area contributed by atoms with Gasteiger partial charge in [-0.3, -0.25) is 0 Å². The summed E-state index contributed by atoms with van der Waals surface area (Å²) in [5.41, 5.74) is 0. The van der Waals surface area contributed by atoms with Crippen molar-refractivity contribution >= 4 is 0 Å². The quantitative estimate of drug-likeness (QED) is 0.669. The van der Waals surface area contributed by atoms with Gasteiger partial charge in [0.25, 0.3) is 0 Å². The van der Waals surface area contributed by atoms with Gasteiger partial charge in [-0.25, -0.2) is 0 Å². The lowest BCUT2D eigenvalue weighted by molar-refractivity contribution is 0.0818. The molecule has 2 rings (SSSR count). The first kappa shape index (κ1) is 7.43. The van der Waals surface area contributed by atoms with E-state index in [1.165, 1.54) is 0 Å². The number of ether oxygens (including phenoxy) is 2. The minimum Gasteiger partial charge on any atom is -0.480 e. The first-order valence-electron chi connectivity index (χ1n) is 3.69. The van der Waals surface area contributed by atoms with E-state index in [0.717, 1.165) is 0 Å².